The molecule has 1 amide bonds. The van der Waals surface area contributed by atoms with Gasteiger partial charge in [0.05, 0.1) is 12.6 Å². The number of aliphatic hydroxyl groups is 1. The average Bonchev–Trinajstić information content (AvgIpc) is 2.80. The summed E-state index contributed by atoms with van der Waals surface area (Å²) < 4.78 is 11.1. The Bertz CT molecular complexity index is 676. The van der Waals surface area contributed by atoms with E-state index in [4.69, 9.17) is 9.47 Å². The Morgan fingerprint density at radius 3 is 2.52 bits per heavy atom. The Morgan fingerprint density at radius 1 is 1.36 bits per heavy atom. The molecule has 0 aliphatic carbocycles. The smallest absolute Gasteiger partial charge is 0.413 e. The molecule has 5 nitrogen and oxygen atoms in total. The summed E-state index contributed by atoms with van der Waals surface area (Å²) in [6.07, 6.45) is -1.55. The molecule has 1 aliphatic heterocycles. The number of amides is 1. The van der Waals surface area contributed by atoms with Crippen LogP contribution in [-0.4, -0.2) is 46.2 Å². The van der Waals surface area contributed by atoms with Crippen molar-refractivity contribution in [3.63, 3.8) is 0 Å². The van der Waals surface area contributed by atoms with Gasteiger partial charge in [-0.2, -0.15) is 0 Å². The molecular weight excluding hydrogens is 318 g/mol. The normalized spacial score (nSPS) is 20.6. The molecule has 0 radical (unpaired) electrons. The molecule has 0 unspecified atom stereocenters. The van der Waals surface area contributed by atoms with Crippen LogP contribution >= 0.6 is 0 Å². The van der Waals surface area contributed by atoms with Crippen LogP contribution in [0.5, 0.6) is 0 Å². The molecule has 2 atom stereocenters. The molecule has 5 heteroatoms. The Kier molecular flexibility index (Phi) is 5.46. The summed E-state index contributed by atoms with van der Waals surface area (Å²) in [5.74, 6) is 5.77. The van der Waals surface area contributed by atoms with Crippen LogP contribution in [0.15, 0.2) is 24.3 Å². The van der Waals surface area contributed by atoms with E-state index in [0.29, 0.717) is 0 Å². The minimum atomic E-state index is -1.03. The molecule has 1 saturated heterocycles. The fourth-order valence-electron chi connectivity index (χ4n) is 2.62. The minimum Gasteiger partial charge on any atom is -0.444 e. The van der Waals surface area contributed by atoms with Gasteiger partial charge in [-0.25, -0.2) is 4.79 Å². The SMILES string of the molecule is Cc1ccc(C#C[C@@H](O)[C@@H]2COC(C)(C)N2C(=O)OC(C)(C)C)cc1. The van der Waals surface area contributed by atoms with Gasteiger partial charge in [-0.3, -0.25) is 4.90 Å². The monoisotopic (exact) mass is 345 g/mol. The molecule has 0 aromatic heterocycles. The number of nitrogens with zero attached hydrogens (tertiary/aromatic N) is 1. The van der Waals surface area contributed by atoms with Crippen molar-refractivity contribution in [2.75, 3.05) is 6.61 Å². The third kappa shape index (κ3) is 4.97. The van der Waals surface area contributed by atoms with Crippen molar-refractivity contribution in [3.8, 4) is 11.8 Å². The van der Waals surface area contributed by atoms with Crippen LogP contribution in [0.2, 0.25) is 0 Å². The standard InChI is InChI=1S/C20H27NO4/c1-14-7-9-15(10-8-14)11-12-17(22)16-13-24-20(5,6)21(16)18(23)25-19(2,3)4/h7-10,16-17,22H,13H2,1-6H3/t16-,17+/m0/s1. The van der Waals surface area contributed by atoms with Gasteiger partial charge < -0.3 is 14.6 Å². The number of ether oxygens (including phenoxy) is 2. The molecule has 1 aromatic carbocycles. The van der Waals surface area contributed by atoms with Gasteiger partial charge in [0.25, 0.3) is 0 Å². The van der Waals surface area contributed by atoms with Crippen molar-refractivity contribution < 1.29 is 19.4 Å². The van der Waals surface area contributed by atoms with Gasteiger partial charge in [0.1, 0.15) is 17.4 Å². The molecule has 0 spiro atoms. The van der Waals surface area contributed by atoms with Crippen molar-refractivity contribution in [2.24, 2.45) is 0 Å². The van der Waals surface area contributed by atoms with E-state index < -0.39 is 29.6 Å². The van der Waals surface area contributed by atoms with E-state index in [9.17, 15) is 9.90 Å². The van der Waals surface area contributed by atoms with Gasteiger partial charge >= 0.3 is 6.09 Å². The quantitative estimate of drug-likeness (QED) is 0.795. The Balaban J connectivity index is 2.18. The lowest BCUT2D eigenvalue weighted by molar-refractivity contribution is -0.0658. The molecule has 1 aliphatic rings. The molecule has 1 N–H and O–H groups in total. The summed E-state index contributed by atoms with van der Waals surface area (Å²) in [7, 11) is 0. The molecule has 136 valence electrons. The molecule has 0 bridgehead atoms. The number of carbonyl (C=O) groups excluding carboxylic acids is 1. The highest BCUT2D eigenvalue weighted by Gasteiger charge is 2.48. The van der Waals surface area contributed by atoms with Crippen molar-refractivity contribution >= 4 is 6.09 Å². The summed E-state index contributed by atoms with van der Waals surface area (Å²) in [6.45, 7) is 11.2. The summed E-state index contributed by atoms with van der Waals surface area (Å²) >= 11 is 0. The first-order chi connectivity index (χ1) is 11.5. The topological polar surface area (TPSA) is 59.0 Å². The maximum absolute atomic E-state index is 12.6. The number of benzene rings is 1. The first-order valence-corrected chi connectivity index (χ1v) is 8.42. The van der Waals surface area contributed by atoms with Crippen molar-refractivity contribution in [2.45, 2.75) is 65.0 Å². The van der Waals surface area contributed by atoms with E-state index in [1.54, 1.807) is 34.6 Å². The minimum absolute atomic E-state index is 0.204. The molecule has 1 fully saturated rings. The third-order valence-electron chi connectivity index (χ3n) is 3.89. The van der Waals surface area contributed by atoms with Gasteiger partial charge in [0, 0.05) is 5.56 Å². The summed E-state index contributed by atoms with van der Waals surface area (Å²) in [6, 6.07) is 7.14. The Morgan fingerprint density at radius 2 is 1.96 bits per heavy atom. The largest absolute Gasteiger partial charge is 0.444 e. The first-order valence-electron chi connectivity index (χ1n) is 8.42. The number of hydrogen-bond acceptors (Lipinski definition) is 4. The van der Waals surface area contributed by atoms with E-state index in [1.807, 2.05) is 31.2 Å². The second-order valence-electron chi connectivity index (χ2n) is 7.76. The lowest BCUT2D eigenvalue weighted by Crippen LogP contribution is -2.53. The molecule has 1 heterocycles. The highest BCUT2D eigenvalue weighted by atomic mass is 16.6. The van der Waals surface area contributed by atoms with Gasteiger partial charge in [-0.15, -0.1) is 0 Å². The maximum Gasteiger partial charge on any atom is 0.413 e. The van der Waals surface area contributed by atoms with E-state index in [0.717, 1.165) is 11.1 Å². The fraction of sp³-hybridized carbons (Fsp3) is 0.550. The summed E-state index contributed by atoms with van der Waals surface area (Å²) in [5.41, 5.74) is 0.470. The highest BCUT2D eigenvalue weighted by Crippen LogP contribution is 2.30. The molecular formula is C20H27NO4. The number of aryl methyl sites for hydroxylation is 1. The predicted octanol–water partition coefficient (Wildman–Crippen LogP) is 3.08. The molecule has 1 aromatic rings. The second-order valence-corrected chi connectivity index (χ2v) is 7.76. The van der Waals surface area contributed by atoms with Crippen molar-refractivity contribution in [1.29, 1.82) is 0 Å². The molecule has 25 heavy (non-hydrogen) atoms. The maximum atomic E-state index is 12.6. The van der Waals surface area contributed by atoms with Gasteiger partial charge in [0.2, 0.25) is 0 Å². The molecule has 2 rings (SSSR count). The van der Waals surface area contributed by atoms with Crippen LogP contribution in [0.1, 0.15) is 45.7 Å². The van der Waals surface area contributed by atoms with E-state index >= 15 is 0 Å². The van der Waals surface area contributed by atoms with Crippen LogP contribution in [-0.2, 0) is 9.47 Å². The van der Waals surface area contributed by atoms with E-state index in [-0.39, 0.29) is 6.61 Å². The highest BCUT2D eigenvalue weighted by molar-refractivity contribution is 5.70. The van der Waals surface area contributed by atoms with Crippen LogP contribution in [0.25, 0.3) is 0 Å². The number of hydrogen-bond donors (Lipinski definition) is 1. The molecule has 0 saturated carbocycles. The van der Waals surface area contributed by atoms with Gasteiger partial charge in [0.15, 0.2) is 0 Å². The second kappa shape index (κ2) is 7.07. The first kappa shape index (κ1) is 19.3. The summed E-state index contributed by atoms with van der Waals surface area (Å²) in [4.78, 5) is 14.0. The van der Waals surface area contributed by atoms with Gasteiger partial charge in [-0.1, -0.05) is 29.5 Å². The van der Waals surface area contributed by atoms with E-state index in [2.05, 4.69) is 11.8 Å². The van der Waals surface area contributed by atoms with Gasteiger partial charge in [-0.05, 0) is 53.7 Å². The predicted molar refractivity (Wildman–Crippen MR) is 96.0 cm³/mol. The fourth-order valence-corrected chi connectivity index (χ4v) is 2.62. The number of rotatable bonds is 1. The van der Waals surface area contributed by atoms with Crippen LogP contribution in [0, 0.1) is 18.8 Å². The van der Waals surface area contributed by atoms with Crippen LogP contribution in [0.4, 0.5) is 4.79 Å². The zero-order valence-electron chi connectivity index (χ0n) is 15.8. The van der Waals surface area contributed by atoms with Crippen molar-refractivity contribution in [1.82, 2.24) is 4.90 Å². The Hall–Kier alpha value is -2.03. The van der Waals surface area contributed by atoms with Crippen LogP contribution in [0.3, 0.4) is 0 Å². The van der Waals surface area contributed by atoms with Crippen molar-refractivity contribution in [3.05, 3.63) is 35.4 Å². The average molecular weight is 345 g/mol. The third-order valence-corrected chi connectivity index (χ3v) is 3.89. The van der Waals surface area contributed by atoms with E-state index in [1.165, 1.54) is 4.90 Å². The summed E-state index contributed by atoms with van der Waals surface area (Å²) in [5, 5.41) is 10.5. The number of carbonyl (C=O) groups is 1. The zero-order chi connectivity index (χ0) is 18.8. The zero-order valence-corrected chi connectivity index (χ0v) is 15.8. The lowest BCUT2D eigenvalue weighted by atomic mass is 10.1. The lowest BCUT2D eigenvalue weighted by Gasteiger charge is -2.35. The number of aliphatic hydroxyl groups excluding tert-OH is 1. The Labute approximate surface area is 149 Å². The van der Waals surface area contributed by atoms with Crippen LogP contribution < -0.4 is 0 Å².